The number of benzene rings is 1. The summed E-state index contributed by atoms with van der Waals surface area (Å²) in [4.78, 5) is 24.7. The van der Waals surface area contributed by atoms with Crippen molar-refractivity contribution in [3.8, 4) is 0 Å². The molecule has 0 atom stereocenters. The van der Waals surface area contributed by atoms with Crippen LogP contribution in [0.5, 0.6) is 0 Å². The molecule has 5 nitrogen and oxygen atoms in total. The van der Waals surface area contributed by atoms with Crippen LogP contribution in [-0.2, 0) is 6.42 Å². The van der Waals surface area contributed by atoms with Gasteiger partial charge in [-0.3, -0.25) is 10.1 Å². The fourth-order valence-corrected chi connectivity index (χ4v) is 3.42. The number of primary amides is 1. The summed E-state index contributed by atoms with van der Waals surface area (Å²) in [5, 5.41) is 6.41. The number of anilines is 2. The van der Waals surface area contributed by atoms with Gasteiger partial charge in [0.2, 0.25) is 0 Å². The first kappa shape index (κ1) is 16.3. The second-order valence-electron chi connectivity index (χ2n) is 4.64. The van der Waals surface area contributed by atoms with Gasteiger partial charge in [-0.25, -0.2) is 4.79 Å². The monoisotopic (exact) mass is 337 g/mol. The van der Waals surface area contributed by atoms with Gasteiger partial charge in [0, 0.05) is 15.6 Å². The molecule has 0 aliphatic rings. The molecule has 0 spiro atoms. The first-order valence-electron chi connectivity index (χ1n) is 6.68. The van der Waals surface area contributed by atoms with Crippen molar-refractivity contribution in [1.29, 1.82) is 0 Å². The second-order valence-corrected chi connectivity index (χ2v) is 6.31. The Kier molecular flexibility index (Phi) is 5.05. The number of thiophene rings is 1. The summed E-state index contributed by atoms with van der Waals surface area (Å²) < 4.78 is 0. The minimum atomic E-state index is -0.539. The van der Waals surface area contributed by atoms with Gasteiger partial charge in [-0.1, -0.05) is 18.5 Å². The van der Waals surface area contributed by atoms with Crippen molar-refractivity contribution in [3.63, 3.8) is 0 Å². The molecule has 0 unspecified atom stereocenters. The van der Waals surface area contributed by atoms with Gasteiger partial charge < -0.3 is 11.1 Å². The maximum absolute atomic E-state index is 12.0. The number of aryl methyl sites for hydroxylation is 1. The first-order chi connectivity index (χ1) is 10.4. The van der Waals surface area contributed by atoms with Gasteiger partial charge in [0.05, 0.1) is 5.56 Å². The lowest BCUT2D eigenvalue weighted by molar-refractivity contribution is 0.100. The zero-order valence-electron chi connectivity index (χ0n) is 12.2. The van der Waals surface area contributed by atoms with Crippen LogP contribution in [0, 0.1) is 6.92 Å². The Morgan fingerprint density at radius 3 is 2.41 bits per heavy atom. The van der Waals surface area contributed by atoms with Crippen molar-refractivity contribution in [3.05, 3.63) is 45.3 Å². The van der Waals surface area contributed by atoms with E-state index in [1.807, 2.05) is 13.8 Å². The minimum absolute atomic E-state index is 0.385. The number of hydrogen-bond acceptors (Lipinski definition) is 3. The molecule has 0 aliphatic heterocycles. The quantitative estimate of drug-likeness (QED) is 0.787. The number of hydrogen-bond donors (Lipinski definition) is 3. The predicted molar refractivity (Wildman–Crippen MR) is 91.0 cm³/mol. The summed E-state index contributed by atoms with van der Waals surface area (Å²) in [6, 6.07) is 6.29. The Morgan fingerprint density at radius 1 is 1.23 bits per heavy atom. The Labute approximate surface area is 137 Å². The summed E-state index contributed by atoms with van der Waals surface area (Å²) >= 11 is 7.13. The van der Waals surface area contributed by atoms with Gasteiger partial charge in [-0.15, -0.1) is 11.3 Å². The van der Waals surface area contributed by atoms with Gasteiger partial charge in [-0.2, -0.15) is 0 Å². The van der Waals surface area contributed by atoms with Crippen molar-refractivity contribution in [2.24, 2.45) is 5.73 Å². The summed E-state index contributed by atoms with van der Waals surface area (Å²) in [6.45, 7) is 3.84. The number of rotatable bonds is 4. The molecule has 116 valence electrons. The number of carbonyl (C=O) groups excluding carboxylic acids is 2. The molecule has 3 amide bonds. The van der Waals surface area contributed by atoms with Crippen LogP contribution in [0.4, 0.5) is 15.5 Å². The number of nitrogens with two attached hydrogens (primary N) is 1. The van der Waals surface area contributed by atoms with E-state index >= 15 is 0 Å². The summed E-state index contributed by atoms with van der Waals surface area (Å²) in [5.74, 6) is -0.539. The normalized spacial score (nSPS) is 10.3. The standard InChI is InChI=1S/C15H16ClN3O2S/c1-3-11-8(2)22-14(12(11)13(17)20)19-15(21)18-10-6-4-9(16)5-7-10/h4-7H,3H2,1-2H3,(H2,17,20)(H2,18,19,21). The molecular formula is C15H16ClN3O2S. The van der Waals surface area contributed by atoms with Crippen LogP contribution in [0.2, 0.25) is 5.02 Å². The fourth-order valence-electron chi connectivity index (χ4n) is 2.15. The Hall–Kier alpha value is -2.05. The molecule has 0 bridgehead atoms. The molecule has 0 saturated carbocycles. The topological polar surface area (TPSA) is 84.2 Å². The van der Waals surface area contributed by atoms with Crippen LogP contribution in [-0.4, -0.2) is 11.9 Å². The lowest BCUT2D eigenvalue weighted by atomic mass is 10.1. The summed E-state index contributed by atoms with van der Waals surface area (Å²) in [5.41, 5.74) is 7.29. The lowest BCUT2D eigenvalue weighted by Crippen LogP contribution is -2.21. The molecule has 1 aromatic heterocycles. The summed E-state index contributed by atoms with van der Waals surface area (Å²) in [7, 11) is 0. The lowest BCUT2D eigenvalue weighted by Gasteiger charge is -2.08. The van der Waals surface area contributed by atoms with E-state index in [9.17, 15) is 9.59 Å². The van der Waals surface area contributed by atoms with Crippen LogP contribution in [0.1, 0.15) is 27.7 Å². The zero-order chi connectivity index (χ0) is 16.3. The Bertz CT molecular complexity index is 710. The molecule has 0 fully saturated rings. The van der Waals surface area contributed by atoms with Crippen LogP contribution < -0.4 is 16.4 Å². The molecule has 2 rings (SSSR count). The van der Waals surface area contributed by atoms with Crippen molar-refractivity contribution in [2.75, 3.05) is 10.6 Å². The number of nitrogens with one attached hydrogen (secondary N) is 2. The van der Waals surface area contributed by atoms with Crippen molar-refractivity contribution >= 4 is 45.6 Å². The first-order valence-corrected chi connectivity index (χ1v) is 7.87. The van der Waals surface area contributed by atoms with E-state index in [4.69, 9.17) is 17.3 Å². The van der Waals surface area contributed by atoms with E-state index in [2.05, 4.69) is 10.6 Å². The maximum atomic E-state index is 12.0. The van der Waals surface area contributed by atoms with E-state index in [1.165, 1.54) is 11.3 Å². The minimum Gasteiger partial charge on any atom is -0.365 e. The highest BCUT2D eigenvalue weighted by atomic mass is 35.5. The number of amides is 3. The van der Waals surface area contributed by atoms with Crippen molar-refractivity contribution < 1.29 is 9.59 Å². The zero-order valence-corrected chi connectivity index (χ0v) is 13.8. The van der Waals surface area contributed by atoms with Gasteiger partial charge in [0.25, 0.3) is 5.91 Å². The third kappa shape index (κ3) is 3.58. The van der Waals surface area contributed by atoms with Crippen molar-refractivity contribution in [1.82, 2.24) is 0 Å². The van der Waals surface area contributed by atoms with E-state index in [-0.39, 0.29) is 0 Å². The van der Waals surface area contributed by atoms with E-state index in [0.717, 1.165) is 10.4 Å². The molecule has 1 aromatic carbocycles. The van der Waals surface area contributed by atoms with E-state index in [0.29, 0.717) is 27.7 Å². The van der Waals surface area contributed by atoms with E-state index < -0.39 is 11.9 Å². The summed E-state index contributed by atoms with van der Waals surface area (Å²) in [6.07, 6.45) is 0.682. The predicted octanol–water partition coefficient (Wildman–Crippen LogP) is 4.02. The highest BCUT2D eigenvalue weighted by Gasteiger charge is 2.20. The number of halogens is 1. The van der Waals surface area contributed by atoms with Gasteiger partial charge in [0.1, 0.15) is 5.00 Å². The number of urea groups is 1. The Morgan fingerprint density at radius 2 is 1.86 bits per heavy atom. The van der Waals surface area contributed by atoms with Gasteiger partial charge >= 0.3 is 6.03 Å². The molecule has 7 heteroatoms. The van der Waals surface area contributed by atoms with Crippen LogP contribution >= 0.6 is 22.9 Å². The molecule has 0 aliphatic carbocycles. The molecule has 0 radical (unpaired) electrons. The molecule has 2 aromatic rings. The highest BCUT2D eigenvalue weighted by Crippen LogP contribution is 2.33. The smallest absolute Gasteiger partial charge is 0.324 e. The maximum Gasteiger partial charge on any atom is 0.324 e. The highest BCUT2D eigenvalue weighted by molar-refractivity contribution is 7.16. The SMILES string of the molecule is CCc1c(C)sc(NC(=O)Nc2ccc(Cl)cc2)c1C(N)=O. The van der Waals surface area contributed by atoms with E-state index in [1.54, 1.807) is 24.3 Å². The molecule has 22 heavy (non-hydrogen) atoms. The molecular weight excluding hydrogens is 322 g/mol. The van der Waals surface area contributed by atoms with Gasteiger partial charge in [0.15, 0.2) is 0 Å². The van der Waals surface area contributed by atoms with Crippen LogP contribution in [0.15, 0.2) is 24.3 Å². The third-order valence-electron chi connectivity index (χ3n) is 3.14. The largest absolute Gasteiger partial charge is 0.365 e. The second kappa shape index (κ2) is 6.81. The molecule has 0 saturated heterocycles. The fraction of sp³-hybridized carbons (Fsp3) is 0.200. The molecule has 4 N–H and O–H groups in total. The average Bonchev–Trinajstić information content (AvgIpc) is 2.76. The third-order valence-corrected chi connectivity index (χ3v) is 4.45. The average molecular weight is 338 g/mol. The number of carbonyl (C=O) groups is 2. The van der Waals surface area contributed by atoms with Gasteiger partial charge in [-0.05, 0) is 43.2 Å². The van der Waals surface area contributed by atoms with Crippen molar-refractivity contribution in [2.45, 2.75) is 20.3 Å². The Balaban J connectivity index is 2.18. The van der Waals surface area contributed by atoms with Crippen LogP contribution in [0.25, 0.3) is 0 Å². The molecule has 1 heterocycles. The van der Waals surface area contributed by atoms with Crippen LogP contribution in [0.3, 0.4) is 0 Å².